The molecule has 180 valence electrons. The van der Waals surface area contributed by atoms with Gasteiger partial charge in [0, 0.05) is 13.1 Å². The summed E-state index contributed by atoms with van der Waals surface area (Å²) in [5.41, 5.74) is 1.23. The van der Waals surface area contributed by atoms with Crippen molar-refractivity contribution in [2.75, 3.05) is 12.4 Å². The van der Waals surface area contributed by atoms with Crippen LogP contribution >= 0.6 is 11.8 Å². The first-order chi connectivity index (χ1) is 15.8. The summed E-state index contributed by atoms with van der Waals surface area (Å²) in [7, 11) is 1.83. The number of hydrogen-bond donors (Lipinski definition) is 2. The van der Waals surface area contributed by atoms with E-state index in [0.717, 1.165) is 6.42 Å². The van der Waals surface area contributed by atoms with Crippen molar-refractivity contribution in [1.29, 1.82) is 0 Å². The maximum Gasteiger partial charge on any atom is 0.258 e. The van der Waals surface area contributed by atoms with Gasteiger partial charge in [0.25, 0.3) is 5.91 Å². The Morgan fingerprint density at radius 1 is 1.15 bits per heavy atom. The molecular formula is C24H35N5O3S. The number of benzene rings is 1. The number of thioether (sulfide) groups is 1. The highest BCUT2D eigenvalue weighted by Gasteiger charge is 2.23. The Morgan fingerprint density at radius 2 is 1.88 bits per heavy atom. The molecule has 0 unspecified atom stereocenters. The van der Waals surface area contributed by atoms with Gasteiger partial charge in [0.2, 0.25) is 5.91 Å². The lowest BCUT2D eigenvalue weighted by Crippen LogP contribution is -2.41. The number of hydrogen-bond acceptors (Lipinski definition) is 6. The van der Waals surface area contributed by atoms with E-state index in [0.29, 0.717) is 34.3 Å². The van der Waals surface area contributed by atoms with E-state index in [2.05, 4.69) is 41.6 Å². The van der Waals surface area contributed by atoms with Crippen LogP contribution in [0.4, 0.5) is 0 Å². The molecular weight excluding hydrogens is 438 g/mol. The van der Waals surface area contributed by atoms with Gasteiger partial charge in [-0.05, 0) is 42.4 Å². The second-order valence-corrected chi connectivity index (χ2v) is 9.91. The number of aromatic nitrogens is 3. The fourth-order valence-electron chi connectivity index (χ4n) is 3.86. The van der Waals surface area contributed by atoms with Crippen molar-refractivity contribution in [3.05, 3.63) is 35.7 Å². The van der Waals surface area contributed by atoms with Gasteiger partial charge in [-0.3, -0.25) is 9.59 Å². The number of carbonyl (C=O) groups excluding carboxylic acids is 2. The molecule has 1 aliphatic rings. The Balaban J connectivity index is 1.39. The fraction of sp³-hybridized carbons (Fsp3) is 0.583. The number of nitrogens with one attached hydrogen (secondary N) is 2. The zero-order valence-electron chi connectivity index (χ0n) is 20.0. The Morgan fingerprint density at radius 3 is 2.58 bits per heavy atom. The van der Waals surface area contributed by atoms with E-state index in [-0.39, 0.29) is 31.0 Å². The first kappa shape index (κ1) is 25.1. The van der Waals surface area contributed by atoms with Crippen LogP contribution in [0, 0.1) is 5.92 Å². The summed E-state index contributed by atoms with van der Waals surface area (Å²) < 4.78 is 7.36. The van der Waals surface area contributed by atoms with Crippen molar-refractivity contribution in [2.24, 2.45) is 13.0 Å². The smallest absolute Gasteiger partial charge is 0.258 e. The third-order valence-corrected chi connectivity index (χ3v) is 7.10. The zero-order chi connectivity index (χ0) is 23.8. The number of nitrogens with zero attached hydrogens (tertiary/aromatic N) is 3. The van der Waals surface area contributed by atoms with Crippen molar-refractivity contribution in [3.63, 3.8) is 0 Å². The SMILES string of the molecule is CC(C)c1ccc(OCC(=O)NCc2nnc(SCC(=O)N[C@H]3CCCC[C@@H]3C)n2C)cc1. The standard InChI is InChI=1S/C24H35N5O3S/c1-16(2)18-9-11-19(12-10-18)32-14-22(30)25-13-21-27-28-24(29(21)4)33-15-23(31)26-20-8-6-5-7-17(20)3/h9-12,16-17,20H,5-8,13-15H2,1-4H3,(H,25,30)(H,26,31)/t17-,20-/m0/s1. The molecule has 9 heteroatoms. The van der Waals surface area contributed by atoms with Crippen LogP contribution < -0.4 is 15.4 Å². The molecule has 1 aromatic carbocycles. The molecule has 3 rings (SSSR count). The molecule has 1 heterocycles. The molecule has 0 aliphatic heterocycles. The number of amides is 2. The first-order valence-corrected chi connectivity index (χ1v) is 12.6. The molecule has 1 saturated carbocycles. The summed E-state index contributed by atoms with van der Waals surface area (Å²) >= 11 is 1.35. The monoisotopic (exact) mass is 473 g/mol. The lowest BCUT2D eigenvalue weighted by Gasteiger charge is -2.29. The average Bonchev–Trinajstić information content (AvgIpc) is 3.16. The summed E-state index contributed by atoms with van der Waals surface area (Å²) in [6.45, 7) is 6.64. The number of rotatable bonds is 10. The molecule has 1 aromatic heterocycles. The highest BCUT2D eigenvalue weighted by Crippen LogP contribution is 2.24. The molecule has 1 aliphatic carbocycles. The minimum atomic E-state index is -0.235. The quantitative estimate of drug-likeness (QED) is 0.513. The highest BCUT2D eigenvalue weighted by molar-refractivity contribution is 7.99. The summed E-state index contributed by atoms with van der Waals surface area (Å²) in [6, 6.07) is 8.03. The molecule has 33 heavy (non-hydrogen) atoms. The van der Waals surface area contributed by atoms with Crippen molar-refractivity contribution in [1.82, 2.24) is 25.4 Å². The average molecular weight is 474 g/mol. The second kappa shape index (κ2) is 12.1. The lowest BCUT2D eigenvalue weighted by atomic mass is 9.86. The minimum absolute atomic E-state index is 0.0233. The third kappa shape index (κ3) is 7.48. The molecule has 8 nitrogen and oxygen atoms in total. The van der Waals surface area contributed by atoms with Gasteiger partial charge in [0.05, 0.1) is 12.3 Å². The van der Waals surface area contributed by atoms with Gasteiger partial charge >= 0.3 is 0 Å². The summed E-state index contributed by atoms with van der Waals surface area (Å²) in [5.74, 6) is 2.34. The van der Waals surface area contributed by atoms with Crippen LogP contribution in [0.2, 0.25) is 0 Å². The van der Waals surface area contributed by atoms with Crippen molar-refractivity contribution in [2.45, 2.75) is 70.1 Å². The van der Waals surface area contributed by atoms with E-state index < -0.39 is 0 Å². The van der Waals surface area contributed by atoms with Crippen molar-refractivity contribution >= 4 is 23.6 Å². The maximum atomic E-state index is 12.3. The summed E-state index contributed by atoms with van der Waals surface area (Å²) in [5, 5.41) is 14.9. The molecule has 1 fully saturated rings. The summed E-state index contributed by atoms with van der Waals surface area (Å²) in [4.78, 5) is 24.5. The van der Waals surface area contributed by atoms with Crippen molar-refractivity contribution in [3.8, 4) is 5.75 Å². The number of carbonyl (C=O) groups is 2. The Kier molecular flexibility index (Phi) is 9.17. The normalized spacial score (nSPS) is 18.2. The van der Waals surface area contributed by atoms with Crippen LogP contribution in [0.1, 0.15) is 63.8 Å². The zero-order valence-corrected chi connectivity index (χ0v) is 20.8. The maximum absolute atomic E-state index is 12.3. The largest absolute Gasteiger partial charge is 0.484 e. The van der Waals surface area contributed by atoms with Crippen molar-refractivity contribution < 1.29 is 14.3 Å². The topological polar surface area (TPSA) is 98.1 Å². The minimum Gasteiger partial charge on any atom is -0.484 e. The van der Waals surface area contributed by atoms with E-state index in [1.54, 1.807) is 4.57 Å². The second-order valence-electron chi connectivity index (χ2n) is 8.97. The molecule has 0 spiro atoms. The van der Waals surface area contributed by atoms with Gasteiger partial charge in [0.1, 0.15) is 5.75 Å². The molecule has 2 aromatic rings. The van der Waals surface area contributed by atoms with Crippen LogP contribution in [-0.4, -0.2) is 45.0 Å². The van der Waals surface area contributed by atoms with E-state index in [1.165, 1.54) is 36.6 Å². The molecule has 2 N–H and O–H groups in total. The lowest BCUT2D eigenvalue weighted by molar-refractivity contribution is -0.123. The Labute approximate surface area is 200 Å². The van der Waals surface area contributed by atoms with E-state index in [4.69, 9.17) is 4.74 Å². The van der Waals surface area contributed by atoms with Crippen LogP contribution in [0.5, 0.6) is 5.75 Å². The predicted molar refractivity (Wildman–Crippen MR) is 129 cm³/mol. The fourth-order valence-corrected chi connectivity index (χ4v) is 4.60. The summed E-state index contributed by atoms with van der Waals surface area (Å²) in [6.07, 6.45) is 4.65. The van der Waals surface area contributed by atoms with Gasteiger partial charge in [-0.25, -0.2) is 0 Å². The number of ether oxygens (including phenoxy) is 1. The van der Waals surface area contributed by atoms with Crippen LogP contribution in [0.3, 0.4) is 0 Å². The third-order valence-electron chi connectivity index (χ3n) is 6.08. The van der Waals surface area contributed by atoms with Gasteiger partial charge in [-0.2, -0.15) is 0 Å². The molecule has 0 bridgehead atoms. The predicted octanol–water partition coefficient (Wildman–Crippen LogP) is 3.42. The van der Waals surface area contributed by atoms with E-state index >= 15 is 0 Å². The molecule has 2 amide bonds. The highest BCUT2D eigenvalue weighted by atomic mass is 32.2. The Bertz CT molecular complexity index is 929. The van der Waals surface area contributed by atoms with Gasteiger partial charge < -0.3 is 19.9 Å². The van der Waals surface area contributed by atoms with Gasteiger partial charge in [0.15, 0.2) is 17.6 Å². The Hall–Kier alpha value is -2.55. The van der Waals surface area contributed by atoms with E-state index in [1.807, 2.05) is 31.3 Å². The molecule has 2 atom stereocenters. The first-order valence-electron chi connectivity index (χ1n) is 11.6. The van der Waals surface area contributed by atoms with Gasteiger partial charge in [-0.1, -0.05) is 57.5 Å². The van der Waals surface area contributed by atoms with Crippen LogP contribution in [0.25, 0.3) is 0 Å². The van der Waals surface area contributed by atoms with Gasteiger partial charge in [-0.15, -0.1) is 10.2 Å². The van der Waals surface area contributed by atoms with Crippen LogP contribution in [0.15, 0.2) is 29.4 Å². The molecule has 0 radical (unpaired) electrons. The van der Waals surface area contributed by atoms with Crippen LogP contribution in [-0.2, 0) is 23.2 Å². The van der Waals surface area contributed by atoms with E-state index in [9.17, 15) is 9.59 Å². The molecule has 0 saturated heterocycles.